The molecular formula is C8H8ClF4NO2. The van der Waals surface area contributed by atoms with Crippen molar-refractivity contribution in [3.63, 3.8) is 0 Å². The zero-order valence-corrected chi connectivity index (χ0v) is 8.74. The molecule has 0 aromatic rings. The molecule has 0 saturated heterocycles. The van der Waals surface area contributed by atoms with Crippen LogP contribution in [0, 0.1) is 0 Å². The highest BCUT2D eigenvalue weighted by atomic mass is 35.5. The lowest BCUT2D eigenvalue weighted by Crippen LogP contribution is -2.38. The highest BCUT2D eigenvalue weighted by Crippen LogP contribution is 2.23. The molecule has 92 valence electrons. The fourth-order valence-corrected chi connectivity index (χ4v) is 1.41. The van der Waals surface area contributed by atoms with Crippen LogP contribution in [0.3, 0.4) is 0 Å². The van der Waals surface area contributed by atoms with Crippen LogP contribution in [-0.4, -0.2) is 36.2 Å². The van der Waals surface area contributed by atoms with E-state index in [1.807, 2.05) is 0 Å². The molecular weight excluding hydrogens is 254 g/mol. The van der Waals surface area contributed by atoms with Gasteiger partial charge in [0.25, 0.3) is 0 Å². The molecule has 0 aliphatic carbocycles. The fourth-order valence-electron chi connectivity index (χ4n) is 1.13. The van der Waals surface area contributed by atoms with Crippen molar-refractivity contribution in [2.45, 2.75) is 12.6 Å². The van der Waals surface area contributed by atoms with Crippen LogP contribution in [0.4, 0.5) is 17.6 Å². The Morgan fingerprint density at radius 1 is 1.50 bits per heavy atom. The molecule has 0 amide bonds. The zero-order chi connectivity index (χ0) is 12.3. The number of nitrogens with zero attached hydrogens (tertiary/aromatic N) is 1. The van der Waals surface area contributed by atoms with Crippen molar-refractivity contribution in [1.29, 1.82) is 0 Å². The molecule has 0 spiro atoms. The van der Waals surface area contributed by atoms with Crippen molar-refractivity contribution in [2.24, 2.45) is 0 Å². The second kappa shape index (κ2) is 5.01. The molecule has 0 atom stereocenters. The van der Waals surface area contributed by atoms with Gasteiger partial charge in [-0.15, -0.1) is 16.7 Å². The average Bonchev–Trinajstić information content (AvgIpc) is 2.16. The summed E-state index contributed by atoms with van der Waals surface area (Å²) in [6, 6.07) is 0. The summed E-state index contributed by atoms with van der Waals surface area (Å²) >= 11 is 5.40. The van der Waals surface area contributed by atoms with Crippen molar-refractivity contribution in [1.82, 2.24) is 5.06 Å². The molecule has 0 radical (unpaired) electrons. The molecule has 1 heterocycles. The van der Waals surface area contributed by atoms with E-state index in [9.17, 15) is 22.4 Å². The third kappa shape index (κ3) is 3.34. The number of alkyl halides is 4. The second-order valence-corrected chi connectivity index (χ2v) is 3.40. The van der Waals surface area contributed by atoms with Crippen molar-refractivity contribution >= 4 is 17.6 Å². The molecule has 1 aliphatic heterocycles. The maximum atomic E-state index is 13.1. The lowest BCUT2D eigenvalue weighted by atomic mass is 10.1. The van der Waals surface area contributed by atoms with Crippen LogP contribution >= 0.6 is 11.6 Å². The van der Waals surface area contributed by atoms with Gasteiger partial charge in [0, 0.05) is 12.4 Å². The molecule has 3 nitrogen and oxygen atoms in total. The molecule has 1 aliphatic rings. The minimum absolute atomic E-state index is 0.00269. The standard InChI is InChI=1S/C8H8ClF4NO2/c9-3-5-1-2-14(4-6(5)10)16-7(15)8(11,12)13/h1-4H2. The van der Waals surface area contributed by atoms with Gasteiger partial charge in [0.05, 0.1) is 6.54 Å². The highest BCUT2D eigenvalue weighted by Gasteiger charge is 2.43. The summed E-state index contributed by atoms with van der Waals surface area (Å²) < 4.78 is 48.6. The number of halogens is 5. The van der Waals surface area contributed by atoms with Gasteiger partial charge in [-0.25, -0.2) is 9.18 Å². The Morgan fingerprint density at radius 2 is 2.12 bits per heavy atom. The van der Waals surface area contributed by atoms with Gasteiger partial charge in [-0.05, 0) is 12.0 Å². The lowest BCUT2D eigenvalue weighted by Gasteiger charge is -2.25. The van der Waals surface area contributed by atoms with E-state index in [-0.39, 0.29) is 18.8 Å². The predicted octanol–water partition coefficient (Wildman–Crippen LogP) is 2.17. The fraction of sp³-hybridized carbons (Fsp3) is 0.625. The number of hydroxylamine groups is 2. The maximum Gasteiger partial charge on any atom is 0.492 e. The van der Waals surface area contributed by atoms with E-state index in [0.717, 1.165) is 0 Å². The van der Waals surface area contributed by atoms with E-state index >= 15 is 0 Å². The van der Waals surface area contributed by atoms with Crippen molar-refractivity contribution < 1.29 is 27.2 Å². The minimum Gasteiger partial charge on any atom is -0.360 e. The summed E-state index contributed by atoms with van der Waals surface area (Å²) in [6.45, 7) is -0.499. The Labute approximate surface area is 93.6 Å². The topological polar surface area (TPSA) is 29.5 Å². The molecule has 0 unspecified atom stereocenters. The van der Waals surface area contributed by atoms with E-state index in [2.05, 4.69) is 4.84 Å². The second-order valence-electron chi connectivity index (χ2n) is 3.13. The number of hydrogen-bond acceptors (Lipinski definition) is 3. The Morgan fingerprint density at radius 3 is 2.56 bits per heavy atom. The van der Waals surface area contributed by atoms with Crippen molar-refractivity contribution in [3.05, 3.63) is 11.4 Å². The quantitative estimate of drug-likeness (QED) is 0.564. The zero-order valence-electron chi connectivity index (χ0n) is 7.98. The van der Waals surface area contributed by atoms with Crippen LogP contribution in [0.15, 0.2) is 11.4 Å². The Balaban J connectivity index is 2.55. The molecule has 0 aromatic heterocycles. The number of rotatable bonds is 2. The smallest absolute Gasteiger partial charge is 0.360 e. The molecule has 0 saturated carbocycles. The Kier molecular flexibility index (Phi) is 4.15. The SMILES string of the molecule is O=C(ON1CCC(CCl)=C(F)C1)C(F)(F)F. The normalized spacial score (nSPS) is 18.8. The molecule has 8 heteroatoms. The highest BCUT2D eigenvalue weighted by molar-refractivity contribution is 6.19. The molecule has 0 bridgehead atoms. The lowest BCUT2D eigenvalue weighted by molar-refractivity contribution is -0.238. The predicted molar refractivity (Wildman–Crippen MR) is 47.2 cm³/mol. The molecule has 16 heavy (non-hydrogen) atoms. The molecule has 0 fully saturated rings. The van der Waals surface area contributed by atoms with Crippen LogP contribution in [0.1, 0.15) is 6.42 Å². The first-order valence-corrected chi connectivity index (χ1v) is 4.84. The summed E-state index contributed by atoms with van der Waals surface area (Å²) in [4.78, 5) is 14.4. The van der Waals surface area contributed by atoms with Crippen LogP contribution in [0.25, 0.3) is 0 Å². The van der Waals surface area contributed by atoms with Gasteiger partial charge in [-0.1, -0.05) is 0 Å². The van der Waals surface area contributed by atoms with E-state index in [1.165, 1.54) is 0 Å². The summed E-state index contributed by atoms with van der Waals surface area (Å²) in [5.41, 5.74) is 0.320. The number of carbonyl (C=O) groups is 1. The van der Waals surface area contributed by atoms with Gasteiger partial charge < -0.3 is 4.84 Å². The monoisotopic (exact) mass is 261 g/mol. The van der Waals surface area contributed by atoms with Gasteiger partial charge in [0.2, 0.25) is 0 Å². The van der Waals surface area contributed by atoms with Gasteiger partial charge in [0.15, 0.2) is 0 Å². The van der Waals surface area contributed by atoms with E-state index in [4.69, 9.17) is 11.6 Å². The number of carbonyl (C=O) groups excluding carboxylic acids is 1. The summed E-state index contributed by atoms with van der Waals surface area (Å²) in [5, 5.41) is 0.626. The first-order chi connectivity index (χ1) is 7.34. The van der Waals surface area contributed by atoms with E-state index in [0.29, 0.717) is 10.6 Å². The first kappa shape index (κ1) is 13.2. The molecule has 0 aromatic carbocycles. The van der Waals surface area contributed by atoms with Crippen LogP contribution in [0.2, 0.25) is 0 Å². The average molecular weight is 262 g/mol. The van der Waals surface area contributed by atoms with Gasteiger partial charge in [-0.2, -0.15) is 13.2 Å². The summed E-state index contributed by atoms with van der Waals surface area (Å²) in [5.74, 6) is -3.03. The van der Waals surface area contributed by atoms with E-state index in [1.54, 1.807) is 0 Å². The Hall–Kier alpha value is -0.820. The van der Waals surface area contributed by atoms with Crippen LogP contribution in [-0.2, 0) is 9.63 Å². The van der Waals surface area contributed by atoms with Crippen molar-refractivity contribution in [3.8, 4) is 0 Å². The van der Waals surface area contributed by atoms with Gasteiger partial charge in [0.1, 0.15) is 5.83 Å². The molecule has 0 N–H and O–H groups in total. The summed E-state index contributed by atoms with van der Waals surface area (Å²) in [6.07, 6.45) is -4.94. The summed E-state index contributed by atoms with van der Waals surface area (Å²) in [7, 11) is 0. The molecule has 1 rings (SSSR count). The third-order valence-corrected chi connectivity index (χ3v) is 2.29. The van der Waals surface area contributed by atoms with E-state index < -0.39 is 24.5 Å². The van der Waals surface area contributed by atoms with Crippen LogP contribution < -0.4 is 0 Å². The third-order valence-electron chi connectivity index (χ3n) is 1.97. The minimum atomic E-state index is -5.08. The maximum absolute atomic E-state index is 13.1. The largest absolute Gasteiger partial charge is 0.492 e. The Bertz CT molecular complexity index is 316. The number of hydrogen-bond donors (Lipinski definition) is 0. The van der Waals surface area contributed by atoms with Gasteiger partial charge >= 0.3 is 12.1 Å². The first-order valence-electron chi connectivity index (χ1n) is 4.31. The van der Waals surface area contributed by atoms with Crippen LogP contribution in [0.5, 0.6) is 0 Å². The van der Waals surface area contributed by atoms with Gasteiger partial charge in [-0.3, -0.25) is 0 Å². The van der Waals surface area contributed by atoms with Crippen molar-refractivity contribution in [2.75, 3.05) is 19.0 Å².